The summed E-state index contributed by atoms with van der Waals surface area (Å²) in [5.74, 6) is -1.60. The third kappa shape index (κ3) is 1.92. The molecule has 100 valence electrons. The lowest BCUT2D eigenvalue weighted by Gasteiger charge is -2.23. The molecule has 3 rings (SSSR count). The number of ether oxygens (including phenoxy) is 1. The number of rotatable bonds is 2. The summed E-state index contributed by atoms with van der Waals surface area (Å²) in [6, 6.07) is 0.715. The highest BCUT2D eigenvalue weighted by Crippen LogP contribution is 2.29. The summed E-state index contributed by atoms with van der Waals surface area (Å²) in [5.41, 5.74) is -0.0474. The number of fused-ring (bicyclic) bond motifs is 1. The van der Waals surface area contributed by atoms with Crippen molar-refractivity contribution in [1.82, 2.24) is 9.78 Å². The maximum Gasteiger partial charge on any atom is 0.153 e. The predicted molar refractivity (Wildman–Crippen MR) is 63.9 cm³/mol. The van der Waals surface area contributed by atoms with Gasteiger partial charge in [-0.2, -0.15) is 5.10 Å². The van der Waals surface area contributed by atoms with Gasteiger partial charge in [0.2, 0.25) is 0 Å². The molecule has 2 aromatic rings. The van der Waals surface area contributed by atoms with Gasteiger partial charge in [-0.1, -0.05) is 0 Å². The average Bonchev–Trinajstić information content (AvgIpc) is 2.85. The molecular formula is C13H12F2N2O2. The van der Waals surface area contributed by atoms with Crippen molar-refractivity contribution < 1.29 is 18.3 Å². The molecule has 1 atom stereocenters. The Hall–Kier alpha value is -1.82. The zero-order valence-corrected chi connectivity index (χ0v) is 10.1. The number of hydrogen-bond acceptors (Lipinski definition) is 3. The van der Waals surface area contributed by atoms with Crippen LogP contribution >= 0.6 is 0 Å². The Balaban J connectivity index is 2.19. The van der Waals surface area contributed by atoms with Gasteiger partial charge in [-0.15, -0.1) is 0 Å². The zero-order valence-electron chi connectivity index (χ0n) is 10.1. The van der Waals surface area contributed by atoms with E-state index in [4.69, 9.17) is 4.74 Å². The molecule has 1 fully saturated rings. The van der Waals surface area contributed by atoms with Gasteiger partial charge in [-0.3, -0.25) is 4.79 Å². The van der Waals surface area contributed by atoms with Gasteiger partial charge in [0.15, 0.2) is 18.3 Å². The molecule has 0 bridgehead atoms. The Morgan fingerprint density at radius 3 is 2.89 bits per heavy atom. The Kier molecular flexibility index (Phi) is 3.02. The van der Waals surface area contributed by atoms with Crippen LogP contribution in [0.5, 0.6) is 0 Å². The van der Waals surface area contributed by atoms with Crippen molar-refractivity contribution in [3.63, 3.8) is 0 Å². The predicted octanol–water partition coefficient (Wildman–Crippen LogP) is 2.83. The SMILES string of the molecule is O=Cc1c(F)cc(F)c2c1cnn2C1CCCCO1. The monoisotopic (exact) mass is 266 g/mol. The summed E-state index contributed by atoms with van der Waals surface area (Å²) < 4.78 is 34.4. The maximum atomic E-state index is 13.9. The number of carbonyl (C=O) groups excluding carboxylic acids is 1. The largest absolute Gasteiger partial charge is 0.356 e. The van der Waals surface area contributed by atoms with Gasteiger partial charge in [-0.05, 0) is 19.3 Å². The van der Waals surface area contributed by atoms with Gasteiger partial charge >= 0.3 is 0 Å². The lowest BCUT2D eigenvalue weighted by Crippen LogP contribution is -2.19. The van der Waals surface area contributed by atoms with Crippen molar-refractivity contribution in [2.24, 2.45) is 0 Å². The van der Waals surface area contributed by atoms with Crippen LogP contribution in [0.25, 0.3) is 10.9 Å². The molecule has 4 nitrogen and oxygen atoms in total. The fourth-order valence-corrected chi connectivity index (χ4v) is 2.44. The molecular weight excluding hydrogens is 254 g/mol. The molecule has 2 heterocycles. The average molecular weight is 266 g/mol. The van der Waals surface area contributed by atoms with Gasteiger partial charge in [0.25, 0.3) is 0 Å². The molecule has 0 spiro atoms. The number of carbonyl (C=O) groups is 1. The smallest absolute Gasteiger partial charge is 0.153 e. The van der Waals surface area contributed by atoms with Crippen LogP contribution in [0.15, 0.2) is 12.3 Å². The van der Waals surface area contributed by atoms with Crippen LogP contribution in [0.1, 0.15) is 35.8 Å². The van der Waals surface area contributed by atoms with E-state index in [-0.39, 0.29) is 22.7 Å². The normalized spacial score (nSPS) is 19.8. The van der Waals surface area contributed by atoms with E-state index in [1.807, 2.05) is 0 Å². The quantitative estimate of drug-likeness (QED) is 0.785. The van der Waals surface area contributed by atoms with Crippen LogP contribution in [-0.2, 0) is 4.74 Å². The molecule has 1 saturated heterocycles. The van der Waals surface area contributed by atoms with Crippen molar-refractivity contribution in [3.05, 3.63) is 29.5 Å². The first-order valence-electron chi connectivity index (χ1n) is 6.14. The second-order valence-corrected chi connectivity index (χ2v) is 4.54. The Morgan fingerprint density at radius 2 is 2.21 bits per heavy atom. The molecule has 0 saturated carbocycles. The lowest BCUT2D eigenvalue weighted by atomic mass is 10.1. The number of aldehydes is 1. The maximum absolute atomic E-state index is 13.9. The first kappa shape index (κ1) is 12.2. The molecule has 1 aromatic heterocycles. The van der Waals surface area contributed by atoms with Gasteiger partial charge in [0.05, 0.1) is 11.8 Å². The third-order valence-corrected chi connectivity index (χ3v) is 3.37. The molecule has 6 heteroatoms. The molecule has 0 radical (unpaired) electrons. The van der Waals surface area contributed by atoms with Crippen molar-refractivity contribution >= 4 is 17.2 Å². The second kappa shape index (κ2) is 4.70. The molecule has 1 aliphatic heterocycles. The van der Waals surface area contributed by atoms with Crippen molar-refractivity contribution in [3.8, 4) is 0 Å². The molecule has 1 aromatic carbocycles. The first-order chi connectivity index (χ1) is 9.22. The van der Waals surface area contributed by atoms with Crippen LogP contribution in [0, 0.1) is 11.6 Å². The van der Waals surface area contributed by atoms with Gasteiger partial charge < -0.3 is 4.74 Å². The summed E-state index contributed by atoms with van der Waals surface area (Å²) in [4.78, 5) is 10.9. The Labute approximate surface area is 108 Å². The second-order valence-electron chi connectivity index (χ2n) is 4.54. The molecule has 19 heavy (non-hydrogen) atoms. The van der Waals surface area contributed by atoms with E-state index in [0.29, 0.717) is 19.0 Å². The minimum absolute atomic E-state index is 0.121. The van der Waals surface area contributed by atoms with E-state index in [9.17, 15) is 13.6 Å². The van der Waals surface area contributed by atoms with E-state index in [1.54, 1.807) is 0 Å². The van der Waals surface area contributed by atoms with Gasteiger partial charge in [0.1, 0.15) is 11.3 Å². The van der Waals surface area contributed by atoms with E-state index in [2.05, 4.69) is 5.10 Å². The third-order valence-electron chi connectivity index (χ3n) is 3.37. The molecule has 1 aliphatic rings. The highest BCUT2D eigenvalue weighted by Gasteiger charge is 2.23. The van der Waals surface area contributed by atoms with Crippen LogP contribution < -0.4 is 0 Å². The molecule has 0 N–H and O–H groups in total. The molecule has 0 aliphatic carbocycles. The fourth-order valence-electron chi connectivity index (χ4n) is 2.44. The minimum atomic E-state index is -0.871. The number of aromatic nitrogens is 2. The first-order valence-corrected chi connectivity index (χ1v) is 6.14. The van der Waals surface area contributed by atoms with Crippen LogP contribution in [0.2, 0.25) is 0 Å². The van der Waals surface area contributed by atoms with Crippen molar-refractivity contribution in [1.29, 1.82) is 0 Å². The van der Waals surface area contributed by atoms with Crippen LogP contribution in [0.4, 0.5) is 8.78 Å². The summed E-state index contributed by atoms with van der Waals surface area (Å²) in [6.07, 6.45) is 3.99. The van der Waals surface area contributed by atoms with Gasteiger partial charge in [0, 0.05) is 18.1 Å². The highest BCUT2D eigenvalue weighted by atomic mass is 19.1. The van der Waals surface area contributed by atoms with E-state index in [1.165, 1.54) is 10.9 Å². The van der Waals surface area contributed by atoms with Gasteiger partial charge in [-0.25, -0.2) is 13.5 Å². The lowest BCUT2D eigenvalue weighted by molar-refractivity contribution is -0.0369. The summed E-state index contributed by atoms with van der Waals surface area (Å²) >= 11 is 0. The van der Waals surface area contributed by atoms with Crippen LogP contribution in [0.3, 0.4) is 0 Å². The Morgan fingerprint density at radius 1 is 1.37 bits per heavy atom. The highest BCUT2D eigenvalue weighted by molar-refractivity contribution is 5.97. The molecule has 0 amide bonds. The minimum Gasteiger partial charge on any atom is -0.356 e. The van der Waals surface area contributed by atoms with E-state index >= 15 is 0 Å². The van der Waals surface area contributed by atoms with E-state index in [0.717, 1.165) is 19.3 Å². The standard InChI is InChI=1S/C13H12F2N2O2/c14-10-5-11(15)13-8(9(10)7-18)6-16-17(13)12-3-1-2-4-19-12/h5-7,12H,1-4H2. The Bertz CT molecular complexity index is 633. The number of benzene rings is 1. The van der Waals surface area contributed by atoms with Crippen molar-refractivity contribution in [2.75, 3.05) is 6.61 Å². The summed E-state index contributed by atoms with van der Waals surface area (Å²) in [7, 11) is 0. The summed E-state index contributed by atoms with van der Waals surface area (Å²) in [5, 5.41) is 4.24. The topological polar surface area (TPSA) is 44.1 Å². The zero-order chi connectivity index (χ0) is 13.4. The number of nitrogens with zero attached hydrogens (tertiary/aromatic N) is 2. The fraction of sp³-hybridized carbons (Fsp3) is 0.385. The number of halogens is 2. The number of hydrogen-bond donors (Lipinski definition) is 0. The molecule has 1 unspecified atom stereocenters. The van der Waals surface area contributed by atoms with Crippen LogP contribution in [-0.4, -0.2) is 22.7 Å². The van der Waals surface area contributed by atoms with Crippen molar-refractivity contribution in [2.45, 2.75) is 25.5 Å². The van der Waals surface area contributed by atoms with E-state index < -0.39 is 11.6 Å². The summed E-state index contributed by atoms with van der Waals surface area (Å²) in [6.45, 7) is 0.593.